The van der Waals surface area contributed by atoms with E-state index in [1.807, 2.05) is 0 Å². The van der Waals surface area contributed by atoms with Crippen LogP contribution in [0.25, 0.3) is 0 Å². The first kappa shape index (κ1) is 22.4. The van der Waals surface area contributed by atoms with Crippen molar-refractivity contribution in [1.29, 1.82) is 0 Å². The van der Waals surface area contributed by atoms with Crippen molar-refractivity contribution in [2.24, 2.45) is 0 Å². The van der Waals surface area contributed by atoms with Gasteiger partial charge in [-0.2, -0.15) is 0 Å². The summed E-state index contributed by atoms with van der Waals surface area (Å²) in [7, 11) is 3.17. The maximum atomic E-state index is 8.06. The molecule has 3 nitrogen and oxygen atoms in total. The smallest absolute Gasteiger partial charge is 0.145 e. The van der Waals surface area contributed by atoms with Gasteiger partial charge in [0.25, 0.3) is 0 Å². The normalized spacial score (nSPS) is 7.09. The second-order valence-electron chi connectivity index (χ2n) is 1.79. The van der Waals surface area contributed by atoms with Crippen LogP contribution in [0.2, 0.25) is 0 Å². The van der Waals surface area contributed by atoms with E-state index in [-0.39, 0.29) is 22.4 Å². The van der Waals surface area contributed by atoms with Crippen molar-refractivity contribution in [2.45, 2.75) is 34.8 Å². The van der Waals surface area contributed by atoms with E-state index in [1.165, 1.54) is 0 Å². The summed E-state index contributed by atoms with van der Waals surface area (Å²) in [4.78, 5) is 0. The fourth-order valence-corrected chi connectivity index (χ4v) is 0.118. The zero-order valence-electron chi connectivity index (χ0n) is 6.55. The lowest BCUT2D eigenvalue weighted by Gasteiger charge is -1.87. The molecule has 0 heterocycles. The third-order valence-corrected chi connectivity index (χ3v) is 0.236. The zero-order chi connectivity index (χ0) is 7.70. The predicted molar refractivity (Wildman–Crippen MR) is 51.8 cm³/mol. The Kier molecular flexibility index (Phi) is 46.0. The fraction of sp³-hybridized carbons (Fsp3) is 1.00. The highest BCUT2D eigenvalue weighted by Crippen LogP contribution is 1.65. The van der Waals surface area contributed by atoms with Crippen molar-refractivity contribution < 1.29 is 16.0 Å². The molecule has 0 rings (SSSR count). The average molecular weight is 170 g/mol. The van der Waals surface area contributed by atoms with Gasteiger partial charge >= 0.3 is 0 Å². The van der Waals surface area contributed by atoms with Gasteiger partial charge in [-0.3, -0.25) is 0 Å². The number of aliphatic hydroxyl groups excluding tert-OH is 1. The summed E-state index contributed by atoms with van der Waals surface area (Å²) in [5.74, 6) is 0. The molecule has 0 bridgehead atoms. The number of rotatable bonds is 2. The summed E-state index contributed by atoms with van der Waals surface area (Å²) in [5, 5.41) is 8.06. The van der Waals surface area contributed by atoms with E-state index in [1.54, 1.807) is 28.1 Å². The van der Waals surface area contributed by atoms with E-state index in [0.29, 0.717) is 6.79 Å². The molecule has 0 saturated carbocycles. The first-order chi connectivity index (χ1) is 4.15. The molecule has 0 aromatic carbocycles. The lowest BCUT2D eigenvalue weighted by Crippen LogP contribution is -1.87. The van der Waals surface area contributed by atoms with Gasteiger partial charge in [0.1, 0.15) is 6.79 Å². The molecule has 0 aromatic heterocycles. The molecule has 0 unspecified atom stereocenters. The lowest BCUT2D eigenvalue weighted by molar-refractivity contribution is -0.00271. The Balaban J connectivity index is -0.0000000221. The Morgan fingerprint density at radius 3 is 1.36 bits per heavy atom. The van der Waals surface area contributed by atoms with E-state index < -0.39 is 0 Å². The van der Waals surface area contributed by atoms with Gasteiger partial charge in [-0.15, -0.1) is 0 Å². The highest BCUT2D eigenvalue weighted by molar-refractivity contribution is 4.20. The van der Waals surface area contributed by atoms with Gasteiger partial charge in [0.2, 0.25) is 0 Å². The molecule has 0 aliphatic rings. The zero-order valence-corrected chi connectivity index (χ0v) is 6.55. The highest BCUT2D eigenvalue weighted by Gasteiger charge is 1.69. The van der Waals surface area contributed by atoms with Gasteiger partial charge < -0.3 is 14.6 Å². The summed E-state index contributed by atoms with van der Waals surface area (Å²) in [6, 6.07) is 0. The van der Waals surface area contributed by atoms with Crippen molar-refractivity contribution >= 4 is 0 Å². The Bertz CT molecular complexity index is 38.5. The summed E-state index contributed by atoms with van der Waals surface area (Å²) in [6.07, 6.45) is -0.167. The average Bonchev–Trinajstić information content (AvgIpc) is 1.66. The van der Waals surface area contributed by atoms with Gasteiger partial charge in [-0.25, -0.2) is 0 Å². The number of methoxy groups -OCH3 is 2. The molecule has 0 saturated heterocycles. The van der Waals surface area contributed by atoms with Gasteiger partial charge in [0.05, 0.1) is 0 Å². The van der Waals surface area contributed by atoms with Crippen molar-refractivity contribution in [3.63, 3.8) is 0 Å². The maximum absolute atomic E-state index is 8.06. The summed E-state index contributed by atoms with van der Waals surface area (Å²) >= 11 is 0. The molecular weight excluding hydrogens is 144 g/mol. The molecule has 1 N–H and O–H groups in total. The Morgan fingerprint density at radius 1 is 1.18 bits per heavy atom. The molecule has 3 heteroatoms. The van der Waals surface area contributed by atoms with Crippen molar-refractivity contribution in [3.8, 4) is 0 Å². The third-order valence-electron chi connectivity index (χ3n) is 0.236. The molecule has 76 valence electrons. The minimum absolute atomic E-state index is 0. The third kappa shape index (κ3) is 174. The SMILES string of the molecule is C.C.CC(C)O.COCOC.[HH]. The molecule has 0 radical (unpaired) electrons. The largest absolute Gasteiger partial charge is 0.394 e. The molecule has 0 aromatic rings. The van der Waals surface area contributed by atoms with Gasteiger partial charge in [0, 0.05) is 21.8 Å². The monoisotopic (exact) mass is 170 g/mol. The van der Waals surface area contributed by atoms with Gasteiger partial charge in [-0.1, -0.05) is 14.9 Å². The van der Waals surface area contributed by atoms with Crippen LogP contribution in [0.4, 0.5) is 0 Å². The van der Waals surface area contributed by atoms with Crippen LogP contribution >= 0.6 is 0 Å². The standard InChI is InChI=1S/C3H8O2.C3H8O.2CH4.H2/c1-4-3-5-2;1-3(2)4;;;/h3H2,1-2H3;3-4H,1-2H3;2*1H4;1H. The number of aliphatic hydroxyl groups is 1. The number of hydrogen-bond donors (Lipinski definition) is 1. The first-order valence-corrected chi connectivity index (χ1v) is 2.81. The molecule has 11 heavy (non-hydrogen) atoms. The second-order valence-corrected chi connectivity index (χ2v) is 1.79. The molecule has 0 atom stereocenters. The quantitative estimate of drug-likeness (QED) is 0.645. The van der Waals surface area contributed by atoms with Gasteiger partial charge in [-0.05, 0) is 13.8 Å². The summed E-state index contributed by atoms with van der Waals surface area (Å²) < 4.78 is 8.94. The summed E-state index contributed by atoms with van der Waals surface area (Å²) in [5.41, 5.74) is 0. The topological polar surface area (TPSA) is 38.7 Å². The minimum Gasteiger partial charge on any atom is -0.394 e. The van der Waals surface area contributed by atoms with Crippen LogP contribution in [0.5, 0.6) is 0 Å². The van der Waals surface area contributed by atoms with Crippen LogP contribution in [0, 0.1) is 0 Å². The van der Waals surface area contributed by atoms with Crippen LogP contribution in [-0.4, -0.2) is 32.2 Å². The molecule has 0 spiro atoms. The van der Waals surface area contributed by atoms with Gasteiger partial charge in [0.15, 0.2) is 0 Å². The summed E-state index contributed by atoms with van der Waals surface area (Å²) in [6.45, 7) is 3.83. The van der Waals surface area contributed by atoms with Crippen LogP contribution in [-0.2, 0) is 9.47 Å². The molecule has 0 amide bonds. The molecule has 0 fully saturated rings. The Hall–Kier alpha value is -0.120. The highest BCUT2D eigenvalue weighted by atomic mass is 16.6. The first-order valence-electron chi connectivity index (χ1n) is 2.81. The second kappa shape index (κ2) is 22.5. The Morgan fingerprint density at radius 2 is 1.36 bits per heavy atom. The van der Waals surface area contributed by atoms with Crippen molar-refractivity contribution in [3.05, 3.63) is 0 Å². The number of ether oxygens (including phenoxy) is 2. The van der Waals surface area contributed by atoms with Crippen LogP contribution in [0.15, 0.2) is 0 Å². The van der Waals surface area contributed by atoms with E-state index in [2.05, 4.69) is 9.47 Å². The van der Waals surface area contributed by atoms with E-state index in [9.17, 15) is 0 Å². The Labute approximate surface area is 72.8 Å². The van der Waals surface area contributed by atoms with Crippen LogP contribution < -0.4 is 0 Å². The predicted octanol–water partition coefficient (Wildman–Crippen LogP) is 2.14. The van der Waals surface area contributed by atoms with E-state index in [4.69, 9.17) is 5.11 Å². The fourth-order valence-electron chi connectivity index (χ4n) is 0.118. The minimum atomic E-state index is -0.167. The number of hydrogen-bond acceptors (Lipinski definition) is 3. The van der Waals surface area contributed by atoms with Crippen LogP contribution in [0.1, 0.15) is 30.1 Å². The van der Waals surface area contributed by atoms with E-state index in [0.717, 1.165) is 0 Å². The maximum Gasteiger partial charge on any atom is 0.145 e. The molecule has 0 aliphatic heterocycles. The van der Waals surface area contributed by atoms with Crippen LogP contribution in [0.3, 0.4) is 0 Å². The lowest BCUT2D eigenvalue weighted by atomic mass is 10.5. The van der Waals surface area contributed by atoms with E-state index >= 15 is 0 Å². The molecular formula is C8H26O3. The van der Waals surface area contributed by atoms with Crippen molar-refractivity contribution in [2.75, 3.05) is 21.0 Å². The molecule has 0 aliphatic carbocycles. The van der Waals surface area contributed by atoms with Crippen molar-refractivity contribution in [1.82, 2.24) is 0 Å².